The van der Waals surface area contributed by atoms with E-state index in [4.69, 9.17) is 0 Å². The number of fused-ring (bicyclic) bond motifs is 1. The molecule has 1 aliphatic rings. The molecule has 0 heteroatoms. The Morgan fingerprint density at radius 3 is 2.38 bits per heavy atom. The lowest BCUT2D eigenvalue weighted by Crippen LogP contribution is -2.09. The molecule has 0 aliphatic heterocycles. The molecular formula is C16H14. The van der Waals surface area contributed by atoms with Gasteiger partial charge in [0.25, 0.3) is 0 Å². The van der Waals surface area contributed by atoms with Crippen molar-refractivity contribution in [3.8, 4) is 0 Å². The Hall–Kier alpha value is -1.82. The molecule has 0 unspecified atom stereocenters. The Balaban J connectivity index is 1.90. The molecule has 0 bridgehead atoms. The van der Waals surface area contributed by atoms with E-state index in [1.807, 2.05) is 6.07 Å². The van der Waals surface area contributed by atoms with Crippen LogP contribution >= 0.6 is 0 Å². The molecule has 3 rings (SSSR count). The van der Waals surface area contributed by atoms with Crippen LogP contribution in [0.3, 0.4) is 0 Å². The molecule has 0 aromatic heterocycles. The van der Waals surface area contributed by atoms with Crippen molar-refractivity contribution in [2.75, 3.05) is 0 Å². The summed E-state index contributed by atoms with van der Waals surface area (Å²) in [4.78, 5) is 0. The summed E-state index contributed by atoms with van der Waals surface area (Å²) < 4.78 is 0. The highest BCUT2D eigenvalue weighted by molar-refractivity contribution is 5.72. The summed E-state index contributed by atoms with van der Waals surface area (Å²) in [5.74, 6) is 0. The smallest absolute Gasteiger partial charge is 0.0221 e. The van der Waals surface area contributed by atoms with Gasteiger partial charge in [-0.2, -0.15) is 0 Å². The minimum absolute atomic E-state index is 1.24. The lowest BCUT2D eigenvalue weighted by Gasteiger charge is -2.20. The summed E-state index contributed by atoms with van der Waals surface area (Å²) in [6, 6.07) is 17.1. The lowest BCUT2D eigenvalue weighted by molar-refractivity contribution is 0.836. The third-order valence-corrected chi connectivity index (χ3v) is 3.21. The Morgan fingerprint density at radius 1 is 0.750 bits per heavy atom. The maximum absolute atomic E-state index is 2.23. The molecule has 0 spiro atoms. The number of hydrogen-bond donors (Lipinski definition) is 0. The summed E-state index contributed by atoms with van der Waals surface area (Å²) in [6.07, 6.45) is 6.91. The SMILES string of the molecule is C(=Cc1cccc2c1CC2)c1ccccc1. The second-order valence-corrected chi connectivity index (χ2v) is 4.23. The highest BCUT2D eigenvalue weighted by Crippen LogP contribution is 2.27. The van der Waals surface area contributed by atoms with Crippen molar-refractivity contribution in [2.24, 2.45) is 0 Å². The molecule has 0 atom stereocenters. The fourth-order valence-electron chi connectivity index (χ4n) is 2.18. The normalized spacial score (nSPS) is 13.5. The molecule has 16 heavy (non-hydrogen) atoms. The molecule has 0 saturated heterocycles. The topological polar surface area (TPSA) is 0 Å². The molecule has 1 aliphatic carbocycles. The standard InChI is InChI=1S/C16H14/c1-2-5-13(6-3-1)9-10-14-7-4-8-15-11-12-16(14)15/h1-10H,11-12H2. The third-order valence-electron chi connectivity index (χ3n) is 3.21. The van der Waals surface area contributed by atoms with Crippen LogP contribution in [-0.4, -0.2) is 0 Å². The second kappa shape index (κ2) is 3.97. The first-order chi connectivity index (χ1) is 7.93. The number of aryl methyl sites for hydroxylation is 1. The van der Waals surface area contributed by atoms with Crippen molar-refractivity contribution in [3.63, 3.8) is 0 Å². The number of hydrogen-bond acceptors (Lipinski definition) is 0. The van der Waals surface area contributed by atoms with Gasteiger partial charge in [-0.05, 0) is 35.1 Å². The van der Waals surface area contributed by atoms with Crippen molar-refractivity contribution < 1.29 is 0 Å². The van der Waals surface area contributed by atoms with Gasteiger partial charge in [0.05, 0.1) is 0 Å². The van der Waals surface area contributed by atoms with Crippen molar-refractivity contribution in [2.45, 2.75) is 12.8 Å². The van der Waals surface area contributed by atoms with E-state index in [-0.39, 0.29) is 0 Å². The second-order valence-electron chi connectivity index (χ2n) is 4.23. The van der Waals surface area contributed by atoms with Crippen LogP contribution in [0, 0.1) is 0 Å². The monoisotopic (exact) mass is 206 g/mol. The highest BCUT2D eigenvalue weighted by Gasteiger charge is 2.14. The van der Waals surface area contributed by atoms with Crippen LogP contribution in [0.25, 0.3) is 12.2 Å². The summed E-state index contributed by atoms with van der Waals surface area (Å²) in [5, 5.41) is 0. The van der Waals surface area contributed by atoms with Crippen LogP contribution in [0.1, 0.15) is 22.3 Å². The molecule has 0 N–H and O–H groups in total. The van der Waals surface area contributed by atoms with Crippen molar-refractivity contribution in [1.82, 2.24) is 0 Å². The van der Waals surface area contributed by atoms with E-state index in [0.29, 0.717) is 0 Å². The maximum atomic E-state index is 2.23. The predicted octanol–water partition coefficient (Wildman–Crippen LogP) is 3.96. The fraction of sp³-hybridized carbons (Fsp3) is 0.125. The average molecular weight is 206 g/mol. The van der Waals surface area contributed by atoms with Crippen LogP contribution in [0.4, 0.5) is 0 Å². The molecule has 0 amide bonds. The molecule has 0 fully saturated rings. The highest BCUT2D eigenvalue weighted by atomic mass is 14.2. The van der Waals surface area contributed by atoms with E-state index in [1.54, 1.807) is 0 Å². The molecule has 0 radical (unpaired) electrons. The van der Waals surface area contributed by atoms with Gasteiger partial charge >= 0.3 is 0 Å². The molecule has 2 aromatic carbocycles. The van der Waals surface area contributed by atoms with Gasteiger partial charge < -0.3 is 0 Å². The molecule has 78 valence electrons. The van der Waals surface area contributed by atoms with Gasteiger partial charge in [-0.15, -0.1) is 0 Å². The Bertz CT molecular complexity index is 521. The van der Waals surface area contributed by atoms with E-state index in [0.717, 1.165) is 0 Å². The zero-order valence-electron chi connectivity index (χ0n) is 9.19. The van der Waals surface area contributed by atoms with Gasteiger partial charge in [0.2, 0.25) is 0 Å². The predicted molar refractivity (Wildman–Crippen MR) is 69.2 cm³/mol. The largest absolute Gasteiger partial charge is 0.0622 e. The van der Waals surface area contributed by atoms with Gasteiger partial charge in [-0.1, -0.05) is 60.7 Å². The minimum Gasteiger partial charge on any atom is -0.0622 e. The maximum Gasteiger partial charge on any atom is -0.0221 e. The van der Waals surface area contributed by atoms with E-state index in [9.17, 15) is 0 Å². The zero-order valence-corrected chi connectivity index (χ0v) is 9.19. The Labute approximate surface area is 96.3 Å². The Morgan fingerprint density at radius 2 is 1.62 bits per heavy atom. The van der Waals surface area contributed by atoms with Gasteiger partial charge in [0.15, 0.2) is 0 Å². The van der Waals surface area contributed by atoms with Crippen LogP contribution in [-0.2, 0) is 12.8 Å². The van der Waals surface area contributed by atoms with Crippen LogP contribution < -0.4 is 0 Å². The lowest BCUT2D eigenvalue weighted by atomic mass is 9.84. The zero-order chi connectivity index (χ0) is 10.8. The summed E-state index contributed by atoms with van der Waals surface area (Å²) in [7, 11) is 0. The summed E-state index contributed by atoms with van der Waals surface area (Å²) >= 11 is 0. The first-order valence-electron chi connectivity index (χ1n) is 5.77. The van der Waals surface area contributed by atoms with Gasteiger partial charge in [0.1, 0.15) is 0 Å². The number of rotatable bonds is 2. The van der Waals surface area contributed by atoms with Gasteiger partial charge in [-0.3, -0.25) is 0 Å². The summed E-state index contributed by atoms with van der Waals surface area (Å²) in [6.45, 7) is 0. The molecule has 2 aromatic rings. The minimum atomic E-state index is 1.24. The van der Waals surface area contributed by atoms with Gasteiger partial charge in [0, 0.05) is 0 Å². The van der Waals surface area contributed by atoms with Crippen LogP contribution in [0.15, 0.2) is 48.5 Å². The first kappa shape index (κ1) is 9.41. The molecule has 0 nitrogen and oxygen atoms in total. The first-order valence-corrected chi connectivity index (χ1v) is 5.77. The van der Waals surface area contributed by atoms with Crippen LogP contribution in [0.2, 0.25) is 0 Å². The molecular weight excluding hydrogens is 192 g/mol. The molecule has 0 saturated carbocycles. The molecule has 0 heterocycles. The third kappa shape index (κ3) is 1.67. The van der Waals surface area contributed by atoms with Crippen molar-refractivity contribution >= 4 is 12.2 Å². The number of benzene rings is 2. The van der Waals surface area contributed by atoms with Gasteiger partial charge in [-0.25, -0.2) is 0 Å². The van der Waals surface area contributed by atoms with E-state index >= 15 is 0 Å². The van der Waals surface area contributed by atoms with E-state index in [1.165, 1.54) is 35.1 Å². The van der Waals surface area contributed by atoms with Crippen molar-refractivity contribution in [3.05, 3.63) is 70.8 Å². The Kier molecular flexibility index (Phi) is 2.34. The van der Waals surface area contributed by atoms with E-state index < -0.39 is 0 Å². The van der Waals surface area contributed by atoms with Crippen LogP contribution in [0.5, 0.6) is 0 Å². The fourth-order valence-corrected chi connectivity index (χ4v) is 2.18. The van der Waals surface area contributed by atoms with Crippen molar-refractivity contribution in [1.29, 1.82) is 0 Å². The summed E-state index contributed by atoms with van der Waals surface area (Å²) in [5.41, 5.74) is 5.71. The van der Waals surface area contributed by atoms with E-state index in [2.05, 4.69) is 54.6 Å². The average Bonchev–Trinajstić information content (AvgIpc) is 2.30. The quantitative estimate of drug-likeness (QED) is 0.652.